The summed E-state index contributed by atoms with van der Waals surface area (Å²) in [6, 6.07) is 0. The number of nitrogens with two attached hydrogens (primary N) is 1. The van der Waals surface area contributed by atoms with Crippen LogP contribution in [-0.2, 0) is 23.8 Å². The van der Waals surface area contributed by atoms with Crippen molar-refractivity contribution in [3.8, 4) is 0 Å². The van der Waals surface area contributed by atoms with E-state index in [1.807, 2.05) is 0 Å². The normalized spacial score (nSPS) is 10.3. The van der Waals surface area contributed by atoms with Crippen molar-refractivity contribution < 1.29 is 28.9 Å². The Morgan fingerprint density at radius 1 is 1.00 bits per heavy atom. The number of rotatable bonds is 12. The molecule has 0 aliphatic rings. The van der Waals surface area contributed by atoms with Crippen molar-refractivity contribution in [2.45, 2.75) is 0 Å². The summed E-state index contributed by atoms with van der Waals surface area (Å²) < 4.78 is 15.2. The number of aliphatic carboxylic acids is 1. The third-order valence-corrected chi connectivity index (χ3v) is 1.68. The summed E-state index contributed by atoms with van der Waals surface area (Å²) >= 11 is 0. The van der Waals surface area contributed by atoms with Crippen LogP contribution < -0.4 is 11.1 Å². The average Bonchev–Trinajstić information content (AvgIpc) is 2.34. The summed E-state index contributed by atoms with van der Waals surface area (Å²) in [7, 11) is 0. The van der Waals surface area contributed by atoms with Crippen LogP contribution in [0.25, 0.3) is 0 Å². The van der Waals surface area contributed by atoms with Gasteiger partial charge in [-0.25, -0.2) is 0 Å². The zero-order valence-corrected chi connectivity index (χ0v) is 10.2. The molecule has 0 aromatic heterocycles. The molecule has 0 rings (SSSR count). The summed E-state index contributed by atoms with van der Waals surface area (Å²) in [5, 5.41) is 10.5. The van der Waals surface area contributed by atoms with Crippen molar-refractivity contribution in [3.05, 3.63) is 0 Å². The number of carbonyl (C=O) groups is 2. The van der Waals surface area contributed by atoms with Crippen molar-refractivity contribution in [3.63, 3.8) is 0 Å². The molecule has 0 fully saturated rings. The Labute approximate surface area is 105 Å². The lowest BCUT2D eigenvalue weighted by molar-refractivity contribution is -0.138. The van der Waals surface area contributed by atoms with Crippen molar-refractivity contribution in [1.82, 2.24) is 5.32 Å². The summed E-state index contributed by atoms with van der Waals surface area (Å²) in [4.78, 5) is 21.1. The lowest BCUT2D eigenvalue weighted by atomic mass is 10.5. The third-order valence-electron chi connectivity index (χ3n) is 1.68. The van der Waals surface area contributed by atoms with E-state index in [0.29, 0.717) is 33.0 Å². The van der Waals surface area contributed by atoms with Crippen LogP contribution in [0.5, 0.6) is 0 Å². The molecule has 18 heavy (non-hydrogen) atoms. The van der Waals surface area contributed by atoms with E-state index in [-0.39, 0.29) is 13.2 Å². The van der Waals surface area contributed by atoms with Crippen LogP contribution in [-0.4, -0.2) is 69.7 Å². The largest absolute Gasteiger partial charge is 0.480 e. The third kappa shape index (κ3) is 12.8. The van der Waals surface area contributed by atoms with E-state index in [0.717, 1.165) is 0 Å². The molecule has 0 atom stereocenters. The Bertz CT molecular complexity index is 236. The highest BCUT2D eigenvalue weighted by Gasteiger charge is 2.03. The first-order valence-corrected chi connectivity index (χ1v) is 5.58. The predicted octanol–water partition coefficient (Wildman–Crippen LogP) is -1.80. The molecule has 0 aliphatic heterocycles. The van der Waals surface area contributed by atoms with E-state index in [1.165, 1.54) is 0 Å². The van der Waals surface area contributed by atoms with Gasteiger partial charge in [0.15, 0.2) is 0 Å². The minimum atomic E-state index is -1.09. The van der Waals surface area contributed by atoms with E-state index in [1.54, 1.807) is 0 Å². The Morgan fingerprint density at radius 2 is 1.56 bits per heavy atom. The number of hydrogen-bond acceptors (Lipinski definition) is 6. The molecule has 0 saturated heterocycles. The molecular weight excluding hydrogens is 244 g/mol. The SMILES string of the molecule is NCCOCCOCCOCC(=O)NCC(=O)O. The molecule has 0 bridgehead atoms. The second-order valence-corrected chi connectivity index (χ2v) is 3.24. The number of carboxylic acids is 1. The van der Waals surface area contributed by atoms with Gasteiger partial charge < -0.3 is 30.4 Å². The number of carbonyl (C=O) groups excluding carboxylic acids is 1. The molecule has 8 nitrogen and oxygen atoms in total. The van der Waals surface area contributed by atoms with Crippen LogP contribution >= 0.6 is 0 Å². The number of nitrogens with one attached hydrogen (secondary N) is 1. The second kappa shape index (κ2) is 12.2. The fourth-order valence-electron chi connectivity index (χ4n) is 0.913. The highest BCUT2D eigenvalue weighted by atomic mass is 16.5. The van der Waals surface area contributed by atoms with Gasteiger partial charge in [-0.3, -0.25) is 9.59 Å². The monoisotopic (exact) mass is 264 g/mol. The molecule has 0 spiro atoms. The number of hydrogen-bond donors (Lipinski definition) is 3. The predicted molar refractivity (Wildman–Crippen MR) is 62.2 cm³/mol. The minimum Gasteiger partial charge on any atom is -0.480 e. The van der Waals surface area contributed by atoms with Gasteiger partial charge in [0.25, 0.3) is 0 Å². The van der Waals surface area contributed by atoms with Gasteiger partial charge in [0.05, 0.1) is 33.0 Å². The molecular formula is C10H20N2O6. The highest BCUT2D eigenvalue weighted by molar-refractivity contribution is 5.81. The summed E-state index contributed by atoms with van der Waals surface area (Å²) in [5.74, 6) is -1.56. The van der Waals surface area contributed by atoms with Gasteiger partial charge in [-0.2, -0.15) is 0 Å². The van der Waals surface area contributed by atoms with Crippen molar-refractivity contribution in [2.75, 3.05) is 52.7 Å². The van der Waals surface area contributed by atoms with Gasteiger partial charge in [0, 0.05) is 6.54 Å². The maximum atomic E-state index is 11.0. The molecule has 0 aromatic rings. The molecule has 4 N–H and O–H groups in total. The molecule has 0 aromatic carbocycles. The van der Waals surface area contributed by atoms with Gasteiger partial charge in [-0.15, -0.1) is 0 Å². The van der Waals surface area contributed by atoms with Crippen molar-refractivity contribution in [1.29, 1.82) is 0 Å². The molecule has 106 valence electrons. The Kier molecular flexibility index (Phi) is 11.4. The summed E-state index contributed by atoms with van der Waals surface area (Å²) in [6.07, 6.45) is 0. The van der Waals surface area contributed by atoms with Crippen LogP contribution in [0.3, 0.4) is 0 Å². The molecule has 0 unspecified atom stereocenters. The molecule has 0 aliphatic carbocycles. The number of carboxylic acid groups (broad SMARTS) is 1. The van der Waals surface area contributed by atoms with Gasteiger partial charge in [0.2, 0.25) is 5.91 Å². The average molecular weight is 264 g/mol. The second-order valence-electron chi connectivity index (χ2n) is 3.24. The highest BCUT2D eigenvalue weighted by Crippen LogP contribution is 1.81. The molecule has 1 amide bonds. The summed E-state index contributed by atoms with van der Waals surface area (Å²) in [6.45, 7) is 1.91. The first kappa shape index (κ1) is 16.8. The summed E-state index contributed by atoms with van der Waals surface area (Å²) in [5.41, 5.74) is 5.22. The topological polar surface area (TPSA) is 120 Å². The van der Waals surface area contributed by atoms with Gasteiger partial charge in [-0.05, 0) is 0 Å². The standard InChI is InChI=1S/C10H20N2O6/c11-1-2-16-3-4-17-5-6-18-8-9(13)12-7-10(14)15/h1-8,11H2,(H,12,13)(H,14,15). The zero-order chi connectivity index (χ0) is 13.6. The van der Waals surface area contributed by atoms with E-state index in [2.05, 4.69) is 5.32 Å². The lowest BCUT2D eigenvalue weighted by Crippen LogP contribution is -2.32. The number of ether oxygens (including phenoxy) is 3. The zero-order valence-electron chi connectivity index (χ0n) is 10.2. The Hall–Kier alpha value is -1.22. The van der Waals surface area contributed by atoms with Gasteiger partial charge in [0.1, 0.15) is 13.2 Å². The van der Waals surface area contributed by atoms with E-state index < -0.39 is 18.4 Å². The van der Waals surface area contributed by atoms with E-state index in [9.17, 15) is 9.59 Å². The quantitative estimate of drug-likeness (QED) is 0.355. The molecule has 0 radical (unpaired) electrons. The van der Waals surface area contributed by atoms with Crippen LogP contribution in [0, 0.1) is 0 Å². The Morgan fingerprint density at radius 3 is 2.11 bits per heavy atom. The molecule has 8 heteroatoms. The first-order valence-electron chi connectivity index (χ1n) is 5.58. The number of amides is 1. The van der Waals surface area contributed by atoms with E-state index in [4.69, 9.17) is 25.1 Å². The Balaban J connectivity index is 3.15. The van der Waals surface area contributed by atoms with Gasteiger partial charge in [-0.1, -0.05) is 0 Å². The fourth-order valence-corrected chi connectivity index (χ4v) is 0.913. The molecule has 0 saturated carbocycles. The maximum Gasteiger partial charge on any atom is 0.322 e. The van der Waals surface area contributed by atoms with Crippen molar-refractivity contribution in [2.24, 2.45) is 5.73 Å². The lowest BCUT2D eigenvalue weighted by Gasteiger charge is -2.06. The fraction of sp³-hybridized carbons (Fsp3) is 0.800. The van der Waals surface area contributed by atoms with Crippen LogP contribution in [0.2, 0.25) is 0 Å². The van der Waals surface area contributed by atoms with Crippen molar-refractivity contribution >= 4 is 11.9 Å². The minimum absolute atomic E-state index is 0.180. The van der Waals surface area contributed by atoms with Crippen LogP contribution in [0.15, 0.2) is 0 Å². The smallest absolute Gasteiger partial charge is 0.322 e. The maximum absolute atomic E-state index is 11.0. The first-order chi connectivity index (χ1) is 8.66. The van der Waals surface area contributed by atoms with Crippen LogP contribution in [0.4, 0.5) is 0 Å². The molecule has 0 heterocycles. The van der Waals surface area contributed by atoms with E-state index >= 15 is 0 Å². The van der Waals surface area contributed by atoms with Crippen LogP contribution in [0.1, 0.15) is 0 Å². The van der Waals surface area contributed by atoms with Gasteiger partial charge >= 0.3 is 5.97 Å².